The fraction of sp³-hybridized carbons (Fsp3) is 0.269. The molecule has 0 amide bonds. The third-order valence-electron chi connectivity index (χ3n) is 5.77. The van der Waals surface area contributed by atoms with Gasteiger partial charge in [0.05, 0.1) is 0 Å². The lowest BCUT2D eigenvalue weighted by Gasteiger charge is -2.20. The Labute approximate surface area is 163 Å². The smallest absolute Gasteiger partial charge is 0.185 e. The van der Waals surface area contributed by atoms with E-state index >= 15 is 0 Å². The molecule has 0 bridgehead atoms. The molecule has 0 aliphatic heterocycles. The van der Waals surface area contributed by atoms with Crippen LogP contribution in [0.5, 0.6) is 0 Å². The SMILES string of the molecule is C=C(C)C1(c2cc(/C=C/c3cccc(C(=O)/C=C/C)c3)ccc2C)CC1C. The largest absolute Gasteiger partial charge is 0.289 e. The molecule has 0 N–H and O–H groups in total. The highest BCUT2D eigenvalue weighted by Crippen LogP contribution is 2.59. The number of hydrogen-bond acceptors (Lipinski definition) is 1. The van der Waals surface area contributed by atoms with Gasteiger partial charge < -0.3 is 0 Å². The van der Waals surface area contributed by atoms with Gasteiger partial charge in [0.2, 0.25) is 0 Å². The van der Waals surface area contributed by atoms with E-state index in [1.54, 1.807) is 12.2 Å². The number of carbonyl (C=O) groups excluding carboxylic acids is 1. The second-order valence-electron chi connectivity index (χ2n) is 7.75. The van der Waals surface area contributed by atoms with Gasteiger partial charge >= 0.3 is 0 Å². The number of ketones is 1. The van der Waals surface area contributed by atoms with Gasteiger partial charge in [0, 0.05) is 11.0 Å². The number of aryl methyl sites for hydroxylation is 1. The highest BCUT2D eigenvalue weighted by molar-refractivity contribution is 6.04. The van der Waals surface area contributed by atoms with E-state index in [0.717, 1.165) is 5.56 Å². The van der Waals surface area contributed by atoms with Gasteiger partial charge in [-0.25, -0.2) is 0 Å². The molecule has 2 unspecified atom stereocenters. The third kappa shape index (κ3) is 3.73. The molecule has 2 atom stereocenters. The van der Waals surface area contributed by atoms with Gasteiger partial charge in [-0.05, 0) is 67.5 Å². The average molecular weight is 357 g/mol. The number of hydrogen-bond donors (Lipinski definition) is 0. The first kappa shape index (κ1) is 19.1. The molecule has 0 radical (unpaired) electrons. The Morgan fingerprint density at radius 2 is 1.81 bits per heavy atom. The van der Waals surface area contributed by atoms with Crippen LogP contribution in [-0.4, -0.2) is 5.78 Å². The van der Waals surface area contributed by atoms with E-state index in [1.165, 1.54) is 28.7 Å². The summed E-state index contributed by atoms with van der Waals surface area (Å²) >= 11 is 0. The van der Waals surface area contributed by atoms with Crippen LogP contribution < -0.4 is 0 Å². The van der Waals surface area contributed by atoms with Crippen molar-refractivity contribution in [1.29, 1.82) is 0 Å². The number of allylic oxidation sites excluding steroid dienone is 3. The normalized spacial score (nSPS) is 21.7. The highest BCUT2D eigenvalue weighted by Gasteiger charge is 2.53. The molecule has 3 rings (SSSR count). The maximum Gasteiger partial charge on any atom is 0.185 e. The number of carbonyl (C=O) groups is 1. The van der Waals surface area contributed by atoms with Crippen molar-refractivity contribution in [2.45, 2.75) is 39.5 Å². The van der Waals surface area contributed by atoms with Gasteiger partial charge in [-0.3, -0.25) is 4.79 Å². The van der Waals surface area contributed by atoms with Crippen LogP contribution in [0.3, 0.4) is 0 Å². The Bertz CT molecular complexity index is 944. The zero-order valence-corrected chi connectivity index (χ0v) is 16.8. The summed E-state index contributed by atoms with van der Waals surface area (Å²) in [5, 5.41) is 0. The van der Waals surface area contributed by atoms with Crippen LogP contribution in [0.1, 0.15) is 59.8 Å². The van der Waals surface area contributed by atoms with E-state index in [4.69, 9.17) is 0 Å². The molecule has 138 valence electrons. The standard InChI is InChI=1S/C26H28O/c1-6-8-25(27)23-10-7-9-21(15-23)13-14-22-12-11-19(4)24(16-22)26(18(2)3)17-20(26)5/h6-16,20H,2,17H2,1,3-5H3/b8-6+,14-13+. The van der Waals surface area contributed by atoms with Crippen molar-refractivity contribution in [3.05, 3.63) is 94.6 Å². The highest BCUT2D eigenvalue weighted by atomic mass is 16.1. The van der Waals surface area contributed by atoms with Gasteiger partial charge in [-0.15, -0.1) is 0 Å². The van der Waals surface area contributed by atoms with Crippen LogP contribution in [0.4, 0.5) is 0 Å². The second-order valence-corrected chi connectivity index (χ2v) is 7.75. The molecule has 2 aromatic carbocycles. The van der Waals surface area contributed by atoms with Crippen LogP contribution >= 0.6 is 0 Å². The van der Waals surface area contributed by atoms with Gasteiger partial charge in [-0.2, -0.15) is 0 Å². The quantitative estimate of drug-likeness (QED) is 0.241. The van der Waals surface area contributed by atoms with E-state index < -0.39 is 0 Å². The molecule has 0 saturated heterocycles. The maximum atomic E-state index is 12.0. The Balaban J connectivity index is 1.89. The fourth-order valence-electron chi connectivity index (χ4n) is 4.08. The molecule has 1 saturated carbocycles. The summed E-state index contributed by atoms with van der Waals surface area (Å²) in [6.07, 6.45) is 8.76. The summed E-state index contributed by atoms with van der Waals surface area (Å²) in [6, 6.07) is 14.4. The van der Waals surface area contributed by atoms with E-state index in [-0.39, 0.29) is 11.2 Å². The van der Waals surface area contributed by atoms with Crippen LogP contribution in [0.25, 0.3) is 12.2 Å². The van der Waals surface area contributed by atoms with Crippen molar-refractivity contribution in [2.24, 2.45) is 5.92 Å². The second kappa shape index (κ2) is 7.52. The van der Waals surface area contributed by atoms with E-state index in [0.29, 0.717) is 11.5 Å². The van der Waals surface area contributed by atoms with Crippen LogP contribution in [0, 0.1) is 12.8 Å². The number of benzene rings is 2. The van der Waals surface area contributed by atoms with E-state index in [2.05, 4.69) is 57.7 Å². The minimum atomic E-state index is 0.0384. The van der Waals surface area contributed by atoms with Crippen molar-refractivity contribution in [3.8, 4) is 0 Å². The summed E-state index contributed by atoms with van der Waals surface area (Å²) in [5.41, 5.74) is 7.07. The molecular formula is C26H28O. The molecule has 0 aromatic heterocycles. The third-order valence-corrected chi connectivity index (χ3v) is 5.77. The Hall–Kier alpha value is -2.67. The Morgan fingerprint density at radius 3 is 2.41 bits per heavy atom. The summed E-state index contributed by atoms with van der Waals surface area (Å²) in [7, 11) is 0. The molecule has 27 heavy (non-hydrogen) atoms. The lowest BCUT2D eigenvalue weighted by Crippen LogP contribution is -2.12. The zero-order valence-electron chi connectivity index (χ0n) is 16.8. The van der Waals surface area contributed by atoms with Crippen LogP contribution in [0.2, 0.25) is 0 Å². The monoisotopic (exact) mass is 356 g/mol. The predicted octanol–water partition coefficient (Wildman–Crippen LogP) is 6.78. The summed E-state index contributed by atoms with van der Waals surface area (Å²) < 4.78 is 0. The molecule has 2 aromatic rings. The first-order chi connectivity index (χ1) is 12.9. The van der Waals surface area contributed by atoms with E-state index in [1.807, 2.05) is 31.2 Å². The minimum absolute atomic E-state index is 0.0384. The molecule has 1 aliphatic rings. The lowest BCUT2D eigenvalue weighted by atomic mass is 9.83. The molecule has 0 spiro atoms. The topological polar surface area (TPSA) is 17.1 Å². The van der Waals surface area contributed by atoms with Crippen LogP contribution in [0.15, 0.2) is 66.8 Å². The van der Waals surface area contributed by atoms with E-state index in [9.17, 15) is 4.79 Å². The Morgan fingerprint density at radius 1 is 1.15 bits per heavy atom. The molecule has 0 heterocycles. The zero-order chi connectivity index (χ0) is 19.6. The lowest BCUT2D eigenvalue weighted by molar-refractivity contribution is 0.104. The molecule has 1 aliphatic carbocycles. The summed E-state index contributed by atoms with van der Waals surface area (Å²) in [5.74, 6) is 0.693. The van der Waals surface area contributed by atoms with Crippen molar-refractivity contribution in [2.75, 3.05) is 0 Å². The van der Waals surface area contributed by atoms with Crippen molar-refractivity contribution >= 4 is 17.9 Å². The summed E-state index contributed by atoms with van der Waals surface area (Å²) in [6.45, 7) is 12.8. The van der Waals surface area contributed by atoms with Crippen molar-refractivity contribution in [1.82, 2.24) is 0 Å². The van der Waals surface area contributed by atoms with Crippen molar-refractivity contribution in [3.63, 3.8) is 0 Å². The van der Waals surface area contributed by atoms with Gasteiger partial charge in [0.25, 0.3) is 0 Å². The van der Waals surface area contributed by atoms with Gasteiger partial charge in [0.15, 0.2) is 5.78 Å². The first-order valence-corrected chi connectivity index (χ1v) is 9.60. The maximum absolute atomic E-state index is 12.0. The average Bonchev–Trinajstić information content (AvgIpc) is 3.34. The fourth-order valence-corrected chi connectivity index (χ4v) is 4.08. The molecule has 1 fully saturated rings. The van der Waals surface area contributed by atoms with Crippen LogP contribution in [-0.2, 0) is 5.41 Å². The first-order valence-electron chi connectivity index (χ1n) is 9.60. The predicted molar refractivity (Wildman–Crippen MR) is 116 cm³/mol. The molecule has 1 heteroatoms. The Kier molecular flexibility index (Phi) is 5.32. The van der Waals surface area contributed by atoms with Crippen molar-refractivity contribution < 1.29 is 4.79 Å². The van der Waals surface area contributed by atoms with Gasteiger partial charge in [0.1, 0.15) is 0 Å². The van der Waals surface area contributed by atoms with Gasteiger partial charge in [-0.1, -0.05) is 73.7 Å². The summed E-state index contributed by atoms with van der Waals surface area (Å²) in [4.78, 5) is 12.0. The number of rotatable bonds is 6. The molecular weight excluding hydrogens is 328 g/mol. The molecule has 1 nitrogen and oxygen atoms in total. The minimum Gasteiger partial charge on any atom is -0.289 e.